The van der Waals surface area contributed by atoms with E-state index in [1.807, 2.05) is 30.3 Å². The molecule has 1 aliphatic rings. The number of piperazine rings is 1. The lowest BCUT2D eigenvalue weighted by Gasteiger charge is -2.36. The van der Waals surface area contributed by atoms with Crippen molar-refractivity contribution in [3.05, 3.63) is 69.2 Å². The van der Waals surface area contributed by atoms with Crippen molar-refractivity contribution in [2.75, 3.05) is 31.1 Å². The molecule has 0 aliphatic carbocycles. The standard InChI is InChI=1S/C17H18ClN3O2/c18-17-4-2-1-3-14(17)13-19-9-11-20(12-10-19)15-5-7-16(8-6-15)21(22)23/h1-8H,9-13H2. The molecule has 1 saturated heterocycles. The van der Waals surface area contributed by atoms with Gasteiger partial charge < -0.3 is 4.90 Å². The number of nitrogens with zero attached hydrogens (tertiary/aromatic N) is 3. The molecule has 23 heavy (non-hydrogen) atoms. The summed E-state index contributed by atoms with van der Waals surface area (Å²) in [5.74, 6) is 0. The van der Waals surface area contributed by atoms with Crippen LogP contribution in [-0.2, 0) is 6.54 Å². The molecule has 6 heteroatoms. The Morgan fingerprint density at radius 3 is 2.26 bits per heavy atom. The maximum atomic E-state index is 10.7. The predicted molar refractivity (Wildman–Crippen MR) is 92.0 cm³/mol. The average molecular weight is 332 g/mol. The molecular weight excluding hydrogens is 314 g/mol. The van der Waals surface area contributed by atoms with Gasteiger partial charge in [0.25, 0.3) is 5.69 Å². The van der Waals surface area contributed by atoms with Gasteiger partial charge in [-0.05, 0) is 23.8 Å². The predicted octanol–water partition coefficient (Wildman–Crippen LogP) is 3.57. The topological polar surface area (TPSA) is 49.6 Å². The second-order valence-corrected chi connectivity index (χ2v) is 6.04. The van der Waals surface area contributed by atoms with E-state index in [-0.39, 0.29) is 10.6 Å². The second-order valence-electron chi connectivity index (χ2n) is 5.63. The van der Waals surface area contributed by atoms with Crippen molar-refractivity contribution in [3.63, 3.8) is 0 Å². The molecule has 2 aromatic rings. The van der Waals surface area contributed by atoms with Gasteiger partial charge >= 0.3 is 0 Å². The Kier molecular flexibility index (Phi) is 4.79. The maximum absolute atomic E-state index is 10.7. The quantitative estimate of drug-likeness (QED) is 0.635. The lowest BCUT2D eigenvalue weighted by Crippen LogP contribution is -2.46. The summed E-state index contributed by atoms with van der Waals surface area (Å²) in [6.45, 7) is 4.56. The summed E-state index contributed by atoms with van der Waals surface area (Å²) in [5.41, 5.74) is 2.32. The van der Waals surface area contributed by atoms with Crippen LogP contribution in [0.2, 0.25) is 5.02 Å². The van der Waals surface area contributed by atoms with E-state index in [2.05, 4.69) is 15.9 Å². The van der Waals surface area contributed by atoms with Gasteiger partial charge in [-0.1, -0.05) is 29.8 Å². The molecule has 5 nitrogen and oxygen atoms in total. The highest BCUT2D eigenvalue weighted by Crippen LogP contribution is 2.22. The van der Waals surface area contributed by atoms with Crippen LogP contribution < -0.4 is 4.90 Å². The van der Waals surface area contributed by atoms with Crippen molar-refractivity contribution in [2.24, 2.45) is 0 Å². The highest BCUT2D eigenvalue weighted by Gasteiger charge is 2.18. The summed E-state index contributed by atoms with van der Waals surface area (Å²) in [6, 6.07) is 14.7. The number of nitro benzene ring substituents is 1. The fourth-order valence-electron chi connectivity index (χ4n) is 2.82. The van der Waals surface area contributed by atoms with Crippen LogP contribution >= 0.6 is 11.6 Å². The Bertz CT molecular complexity index is 682. The number of anilines is 1. The zero-order valence-electron chi connectivity index (χ0n) is 12.7. The minimum absolute atomic E-state index is 0.131. The number of halogens is 1. The molecule has 1 heterocycles. The second kappa shape index (κ2) is 6.98. The Hall–Kier alpha value is -2.11. The van der Waals surface area contributed by atoms with E-state index in [1.165, 1.54) is 0 Å². The van der Waals surface area contributed by atoms with Crippen LogP contribution in [0.5, 0.6) is 0 Å². The largest absolute Gasteiger partial charge is 0.369 e. The number of hydrogen-bond acceptors (Lipinski definition) is 4. The highest BCUT2D eigenvalue weighted by molar-refractivity contribution is 6.31. The van der Waals surface area contributed by atoms with E-state index in [0.717, 1.165) is 49.0 Å². The van der Waals surface area contributed by atoms with Crippen molar-refractivity contribution in [2.45, 2.75) is 6.54 Å². The SMILES string of the molecule is O=[N+]([O-])c1ccc(N2CCN(Cc3ccccc3Cl)CC2)cc1. The Labute approximate surface area is 140 Å². The summed E-state index contributed by atoms with van der Waals surface area (Å²) >= 11 is 6.22. The molecule has 120 valence electrons. The van der Waals surface area contributed by atoms with Gasteiger partial charge in [-0.25, -0.2) is 0 Å². The van der Waals surface area contributed by atoms with Crippen LogP contribution in [0.25, 0.3) is 0 Å². The smallest absolute Gasteiger partial charge is 0.269 e. The zero-order chi connectivity index (χ0) is 16.2. The molecule has 0 amide bonds. The molecule has 0 spiro atoms. The van der Waals surface area contributed by atoms with Crippen LogP contribution in [-0.4, -0.2) is 36.0 Å². The molecule has 0 N–H and O–H groups in total. The lowest BCUT2D eigenvalue weighted by atomic mass is 10.2. The van der Waals surface area contributed by atoms with E-state index >= 15 is 0 Å². The van der Waals surface area contributed by atoms with E-state index < -0.39 is 0 Å². The maximum Gasteiger partial charge on any atom is 0.269 e. The van der Waals surface area contributed by atoms with Gasteiger partial charge in [-0.2, -0.15) is 0 Å². The third kappa shape index (κ3) is 3.81. The first-order chi connectivity index (χ1) is 11.1. The van der Waals surface area contributed by atoms with E-state index in [9.17, 15) is 10.1 Å². The van der Waals surface area contributed by atoms with E-state index in [0.29, 0.717) is 0 Å². The number of non-ortho nitro benzene ring substituents is 1. The van der Waals surface area contributed by atoms with E-state index in [1.54, 1.807) is 12.1 Å². The summed E-state index contributed by atoms with van der Waals surface area (Å²) in [6.07, 6.45) is 0. The Morgan fingerprint density at radius 1 is 1.00 bits per heavy atom. The average Bonchev–Trinajstić information content (AvgIpc) is 2.58. The molecular formula is C17H18ClN3O2. The minimum atomic E-state index is -0.370. The molecule has 0 saturated carbocycles. The summed E-state index contributed by atoms with van der Waals surface area (Å²) in [7, 11) is 0. The fourth-order valence-corrected chi connectivity index (χ4v) is 3.01. The van der Waals surface area contributed by atoms with Crippen LogP contribution in [0.3, 0.4) is 0 Å². The molecule has 1 aliphatic heterocycles. The van der Waals surface area contributed by atoms with Crippen LogP contribution in [0.15, 0.2) is 48.5 Å². The van der Waals surface area contributed by atoms with Gasteiger partial charge in [0.1, 0.15) is 0 Å². The fraction of sp³-hybridized carbons (Fsp3) is 0.294. The first kappa shape index (κ1) is 15.8. The molecule has 2 aromatic carbocycles. The molecule has 0 atom stereocenters. The molecule has 0 aromatic heterocycles. The van der Waals surface area contributed by atoms with Crippen molar-refractivity contribution in [1.29, 1.82) is 0 Å². The normalized spacial score (nSPS) is 15.6. The first-order valence-electron chi connectivity index (χ1n) is 7.58. The highest BCUT2D eigenvalue weighted by atomic mass is 35.5. The van der Waals surface area contributed by atoms with Gasteiger partial charge in [-0.3, -0.25) is 15.0 Å². The number of hydrogen-bond donors (Lipinski definition) is 0. The van der Waals surface area contributed by atoms with Gasteiger partial charge in [0.2, 0.25) is 0 Å². The van der Waals surface area contributed by atoms with Crippen molar-refractivity contribution >= 4 is 23.0 Å². The van der Waals surface area contributed by atoms with Gasteiger partial charge in [-0.15, -0.1) is 0 Å². The molecule has 0 bridgehead atoms. The number of rotatable bonds is 4. The first-order valence-corrected chi connectivity index (χ1v) is 7.96. The third-order valence-corrected chi connectivity index (χ3v) is 4.52. The number of benzene rings is 2. The Balaban J connectivity index is 1.58. The molecule has 1 fully saturated rings. The monoisotopic (exact) mass is 331 g/mol. The van der Waals surface area contributed by atoms with Crippen LogP contribution in [0, 0.1) is 10.1 Å². The lowest BCUT2D eigenvalue weighted by molar-refractivity contribution is -0.384. The molecule has 3 rings (SSSR count). The van der Waals surface area contributed by atoms with Crippen LogP contribution in [0.1, 0.15) is 5.56 Å². The number of nitro groups is 1. The zero-order valence-corrected chi connectivity index (χ0v) is 13.4. The van der Waals surface area contributed by atoms with Crippen LogP contribution in [0.4, 0.5) is 11.4 Å². The Morgan fingerprint density at radius 2 is 1.65 bits per heavy atom. The van der Waals surface area contributed by atoms with Crippen molar-refractivity contribution < 1.29 is 4.92 Å². The van der Waals surface area contributed by atoms with Crippen molar-refractivity contribution in [3.8, 4) is 0 Å². The van der Waals surface area contributed by atoms with Crippen molar-refractivity contribution in [1.82, 2.24) is 4.90 Å². The summed E-state index contributed by atoms with van der Waals surface area (Å²) < 4.78 is 0. The minimum Gasteiger partial charge on any atom is -0.369 e. The third-order valence-electron chi connectivity index (χ3n) is 4.15. The summed E-state index contributed by atoms with van der Waals surface area (Å²) in [5, 5.41) is 11.5. The van der Waals surface area contributed by atoms with Gasteiger partial charge in [0.15, 0.2) is 0 Å². The summed E-state index contributed by atoms with van der Waals surface area (Å²) in [4.78, 5) is 15.0. The molecule has 0 unspecified atom stereocenters. The van der Waals surface area contributed by atoms with Gasteiger partial charge in [0, 0.05) is 55.6 Å². The molecule has 0 radical (unpaired) electrons. The van der Waals surface area contributed by atoms with Gasteiger partial charge in [0.05, 0.1) is 4.92 Å². The van der Waals surface area contributed by atoms with E-state index in [4.69, 9.17) is 11.6 Å².